The van der Waals surface area contributed by atoms with Gasteiger partial charge in [-0.1, -0.05) is 17.7 Å². The van der Waals surface area contributed by atoms with E-state index in [0.29, 0.717) is 0 Å². The largest absolute Gasteiger partial charge is 0.490 e. The summed E-state index contributed by atoms with van der Waals surface area (Å²) < 4.78 is 10.4. The average molecular weight is 273 g/mol. The molecule has 20 heavy (non-hydrogen) atoms. The third kappa shape index (κ3) is 3.68. The van der Waals surface area contributed by atoms with Crippen molar-refractivity contribution in [2.45, 2.75) is 6.92 Å². The zero-order chi connectivity index (χ0) is 14.4. The molecule has 1 aromatic carbocycles. The molecule has 6 nitrogen and oxygen atoms in total. The first kappa shape index (κ1) is 13.8. The normalized spacial score (nSPS) is 10.1. The van der Waals surface area contributed by atoms with Crippen LogP contribution in [-0.4, -0.2) is 29.2 Å². The van der Waals surface area contributed by atoms with Gasteiger partial charge in [0.15, 0.2) is 11.5 Å². The van der Waals surface area contributed by atoms with Crippen LogP contribution in [0.3, 0.4) is 0 Å². The number of esters is 1. The summed E-state index contributed by atoms with van der Waals surface area (Å²) in [5.41, 5.74) is 6.70. The maximum Gasteiger partial charge on any atom is 0.360 e. The molecule has 6 heteroatoms. The van der Waals surface area contributed by atoms with Crippen molar-refractivity contribution in [2.24, 2.45) is 0 Å². The van der Waals surface area contributed by atoms with Crippen LogP contribution in [0.2, 0.25) is 0 Å². The van der Waals surface area contributed by atoms with E-state index in [-0.39, 0.29) is 24.7 Å². The smallest absolute Gasteiger partial charge is 0.360 e. The highest BCUT2D eigenvalue weighted by molar-refractivity contribution is 5.91. The Hall–Kier alpha value is -2.63. The van der Waals surface area contributed by atoms with Crippen LogP contribution in [0.4, 0.5) is 5.82 Å². The molecule has 0 amide bonds. The minimum Gasteiger partial charge on any atom is -0.490 e. The monoisotopic (exact) mass is 273 g/mol. The fourth-order valence-electron chi connectivity index (χ4n) is 1.50. The van der Waals surface area contributed by atoms with E-state index >= 15 is 0 Å². The molecule has 2 rings (SSSR count). The van der Waals surface area contributed by atoms with Gasteiger partial charge in [-0.2, -0.15) is 0 Å². The Balaban J connectivity index is 1.77. The number of benzene rings is 1. The molecule has 0 aliphatic heterocycles. The topological polar surface area (TPSA) is 87.3 Å². The molecule has 104 valence electrons. The molecule has 2 N–H and O–H groups in total. The molecule has 0 aliphatic carbocycles. The highest BCUT2D eigenvalue weighted by atomic mass is 16.6. The van der Waals surface area contributed by atoms with Gasteiger partial charge in [0.2, 0.25) is 0 Å². The van der Waals surface area contributed by atoms with E-state index in [9.17, 15) is 4.79 Å². The zero-order valence-electron chi connectivity index (χ0n) is 11.1. The lowest BCUT2D eigenvalue weighted by molar-refractivity contribution is 0.0444. The van der Waals surface area contributed by atoms with E-state index in [1.54, 1.807) is 0 Å². The molecule has 2 aromatic rings. The number of nitrogens with zero attached hydrogens (tertiary/aromatic N) is 2. The van der Waals surface area contributed by atoms with Crippen molar-refractivity contribution in [2.75, 3.05) is 18.9 Å². The summed E-state index contributed by atoms with van der Waals surface area (Å²) in [6, 6.07) is 7.61. The first-order chi connectivity index (χ1) is 9.66. The summed E-state index contributed by atoms with van der Waals surface area (Å²) in [5, 5.41) is 0. The number of nitrogens with two attached hydrogens (primary N) is 1. The van der Waals surface area contributed by atoms with Crippen molar-refractivity contribution < 1.29 is 14.3 Å². The van der Waals surface area contributed by atoms with E-state index in [2.05, 4.69) is 9.97 Å². The first-order valence-corrected chi connectivity index (χ1v) is 6.10. The lowest BCUT2D eigenvalue weighted by Gasteiger charge is -2.07. The lowest BCUT2D eigenvalue weighted by Crippen LogP contribution is -2.15. The van der Waals surface area contributed by atoms with Gasteiger partial charge in [-0.05, 0) is 19.1 Å². The lowest BCUT2D eigenvalue weighted by atomic mass is 10.2. The van der Waals surface area contributed by atoms with Crippen LogP contribution in [0.15, 0.2) is 36.7 Å². The Morgan fingerprint density at radius 1 is 1.15 bits per heavy atom. The van der Waals surface area contributed by atoms with Gasteiger partial charge in [0.25, 0.3) is 0 Å². The standard InChI is InChI=1S/C14H15N3O3/c1-10-2-4-11(5-3-10)19-8-9-20-14(18)12-13(15)17-7-6-16-12/h2-7H,8-9H2,1H3,(H2,15,17). The van der Waals surface area contributed by atoms with Crippen LogP contribution in [0.25, 0.3) is 0 Å². The predicted octanol–water partition coefficient (Wildman–Crippen LogP) is 1.60. The molecule has 0 unspecified atom stereocenters. The van der Waals surface area contributed by atoms with Crippen molar-refractivity contribution in [3.8, 4) is 5.75 Å². The molecular formula is C14H15N3O3. The maximum absolute atomic E-state index is 11.7. The number of hydrogen-bond donors (Lipinski definition) is 1. The van der Waals surface area contributed by atoms with Crippen LogP contribution < -0.4 is 10.5 Å². The Morgan fingerprint density at radius 3 is 2.55 bits per heavy atom. The molecular weight excluding hydrogens is 258 g/mol. The first-order valence-electron chi connectivity index (χ1n) is 6.10. The molecule has 0 aliphatic rings. The van der Waals surface area contributed by atoms with Crippen molar-refractivity contribution in [1.29, 1.82) is 0 Å². The van der Waals surface area contributed by atoms with Gasteiger partial charge in [-0.3, -0.25) is 0 Å². The zero-order valence-corrected chi connectivity index (χ0v) is 11.1. The molecule has 0 radical (unpaired) electrons. The molecule has 0 bridgehead atoms. The minimum atomic E-state index is -0.608. The highest BCUT2D eigenvalue weighted by Crippen LogP contribution is 2.11. The third-order valence-electron chi connectivity index (χ3n) is 2.53. The summed E-state index contributed by atoms with van der Waals surface area (Å²) in [7, 11) is 0. The van der Waals surface area contributed by atoms with E-state index < -0.39 is 5.97 Å². The second-order valence-corrected chi connectivity index (χ2v) is 4.09. The number of nitrogen functional groups attached to an aromatic ring is 1. The van der Waals surface area contributed by atoms with Crippen molar-refractivity contribution >= 4 is 11.8 Å². The van der Waals surface area contributed by atoms with Crippen LogP contribution in [0.1, 0.15) is 16.1 Å². The summed E-state index contributed by atoms with van der Waals surface area (Å²) in [4.78, 5) is 19.3. The van der Waals surface area contributed by atoms with Crippen LogP contribution in [-0.2, 0) is 4.74 Å². The van der Waals surface area contributed by atoms with Gasteiger partial charge < -0.3 is 15.2 Å². The molecule has 1 aromatic heterocycles. The van der Waals surface area contributed by atoms with Crippen molar-refractivity contribution in [3.63, 3.8) is 0 Å². The number of anilines is 1. The Bertz CT molecular complexity index is 584. The van der Waals surface area contributed by atoms with Gasteiger partial charge in [0.1, 0.15) is 19.0 Å². The van der Waals surface area contributed by atoms with Gasteiger partial charge in [0.05, 0.1) is 0 Å². The van der Waals surface area contributed by atoms with Gasteiger partial charge in [0, 0.05) is 12.4 Å². The molecule has 0 saturated heterocycles. The minimum absolute atomic E-state index is 0.0165. The summed E-state index contributed by atoms with van der Waals surface area (Å²) >= 11 is 0. The van der Waals surface area contributed by atoms with Gasteiger partial charge in [-0.25, -0.2) is 14.8 Å². The fraction of sp³-hybridized carbons (Fsp3) is 0.214. The van der Waals surface area contributed by atoms with Gasteiger partial charge >= 0.3 is 5.97 Å². The molecule has 0 atom stereocenters. The number of aryl methyl sites for hydroxylation is 1. The number of carbonyl (C=O) groups is 1. The SMILES string of the molecule is Cc1ccc(OCCOC(=O)c2nccnc2N)cc1. The van der Waals surface area contributed by atoms with Crippen molar-refractivity contribution in [3.05, 3.63) is 47.9 Å². The van der Waals surface area contributed by atoms with E-state index in [1.165, 1.54) is 12.4 Å². The Kier molecular flexibility index (Phi) is 4.49. The maximum atomic E-state index is 11.7. The fourth-order valence-corrected chi connectivity index (χ4v) is 1.50. The van der Waals surface area contributed by atoms with E-state index in [0.717, 1.165) is 11.3 Å². The van der Waals surface area contributed by atoms with Crippen LogP contribution in [0, 0.1) is 6.92 Å². The summed E-state index contributed by atoms with van der Waals surface area (Å²) in [6.45, 7) is 2.37. The summed E-state index contributed by atoms with van der Waals surface area (Å²) in [5.74, 6) is 0.172. The number of rotatable bonds is 5. The number of hydrogen-bond acceptors (Lipinski definition) is 6. The predicted molar refractivity (Wildman–Crippen MR) is 73.4 cm³/mol. The Morgan fingerprint density at radius 2 is 1.85 bits per heavy atom. The molecule has 1 heterocycles. The number of ether oxygens (including phenoxy) is 2. The second kappa shape index (κ2) is 6.51. The second-order valence-electron chi connectivity index (χ2n) is 4.09. The highest BCUT2D eigenvalue weighted by Gasteiger charge is 2.13. The molecule has 0 spiro atoms. The number of aromatic nitrogens is 2. The van der Waals surface area contributed by atoms with Gasteiger partial charge in [-0.15, -0.1) is 0 Å². The van der Waals surface area contributed by atoms with E-state index in [4.69, 9.17) is 15.2 Å². The van der Waals surface area contributed by atoms with Crippen LogP contribution >= 0.6 is 0 Å². The number of carbonyl (C=O) groups excluding carboxylic acids is 1. The summed E-state index contributed by atoms with van der Waals surface area (Å²) in [6.07, 6.45) is 2.79. The molecule has 0 fully saturated rings. The third-order valence-corrected chi connectivity index (χ3v) is 2.53. The quantitative estimate of drug-likeness (QED) is 0.657. The molecule has 0 saturated carbocycles. The van der Waals surface area contributed by atoms with E-state index in [1.807, 2.05) is 31.2 Å². The average Bonchev–Trinajstić information content (AvgIpc) is 2.46. The van der Waals surface area contributed by atoms with Crippen molar-refractivity contribution in [1.82, 2.24) is 9.97 Å². The Labute approximate surface area is 116 Å². The van der Waals surface area contributed by atoms with Crippen LogP contribution in [0.5, 0.6) is 5.75 Å².